The fourth-order valence-corrected chi connectivity index (χ4v) is 4.54. The van der Waals surface area contributed by atoms with Crippen molar-refractivity contribution in [2.24, 2.45) is 4.99 Å². The molecule has 0 unspecified atom stereocenters. The Labute approximate surface area is 190 Å². The summed E-state index contributed by atoms with van der Waals surface area (Å²) in [6.45, 7) is 6.11. The summed E-state index contributed by atoms with van der Waals surface area (Å²) in [6.07, 6.45) is 1.91. The van der Waals surface area contributed by atoms with Gasteiger partial charge in [-0.15, -0.1) is 0 Å². The summed E-state index contributed by atoms with van der Waals surface area (Å²) in [5.41, 5.74) is 5.92. The number of hydrogen-bond acceptors (Lipinski definition) is 4. The molecule has 1 aliphatic heterocycles. The molecule has 31 heavy (non-hydrogen) atoms. The maximum atomic E-state index is 12.5. The van der Waals surface area contributed by atoms with Crippen molar-refractivity contribution in [3.05, 3.63) is 81.0 Å². The van der Waals surface area contributed by atoms with Gasteiger partial charge in [-0.1, -0.05) is 17.7 Å². The lowest BCUT2D eigenvalue weighted by Gasteiger charge is -2.13. The van der Waals surface area contributed by atoms with E-state index in [1.807, 2.05) is 63.2 Å². The topological polar surface area (TPSA) is 55.6 Å². The molecule has 7 heteroatoms. The summed E-state index contributed by atoms with van der Waals surface area (Å²) in [5, 5.41) is 4.13. The summed E-state index contributed by atoms with van der Waals surface area (Å²) in [6, 6.07) is 15.3. The molecule has 0 aliphatic carbocycles. The number of hydrogen-bond donors (Lipinski definition) is 1. The minimum absolute atomic E-state index is 0.152. The third-order valence-corrected chi connectivity index (χ3v) is 6.51. The van der Waals surface area contributed by atoms with E-state index < -0.39 is 0 Å². The number of ether oxygens (including phenoxy) is 1. The van der Waals surface area contributed by atoms with Crippen LogP contribution in [0.15, 0.2) is 58.4 Å². The summed E-state index contributed by atoms with van der Waals surface area (Å²) >= 11 is 7.66. The average Bonchev–Trinajstić information content (AvgIpc) is 3.23. The minimum Gasteiger partial charge on any atom is -0.497 e. The molecule has 5 nitrogen and oxygen atoms in total. The number of amidine groups is 1. The van der Waals surface area contributed by atoms with Gasteiger partial charge in [0.05, 0.1) is 17.7 Å². The number of methoxy groups -OCH3 is 1. The number of aromatic nitrogens is 1. The fraction of sp³-hybridized carbons (Fsp3) is 0.167. The van der Waals surface area contributed by atoms with E-state index in [0.717, 1.165) is 44.7 Å². The summed E-state index contributed by atoms with van der Waals surface area (Å²) < 4.78 is 7.33. The van der Waals surface area contributed by atoms with E-state index in [2.05, 4.69) is 27.0 Å². The molecular formula is C24H22ClN3O2S. The van der Waals surface area contributed by atoms with Crippen molar-refractivity contribution < 1.29 is 9.53 Å². The van der Waals surface area contributed by atoms with E-state index in [9.17, 15) is 4.79 Å². The molecular weight excluding hydrogens is 430 g/mol. The van der Waals surface area contributed by atoms with Gasteiger partial charge in [-0.2, -0.15) is 0 Å². The van der Waals surface area contributed by atoms with Crippen LogP contribution >= 0.6 is 23.4 Å². The van der Waals surface area contributed by atoms with Crippen molar-refractivity contribution in [3.8, 4) is 11.4 Å². The van der Waals surface area contributed by atoms with Crippen LogP contribution in [0.3, 0.4) is 0 Å². The first-order valence-electron chi connectivity index (χ1n) is 9.75. The van der Waals surface area contributed by atoms with E-state index in [-0.39, 0.29) is 5.91 Å². The Kier molecular flexibility index (Phi) is 5.94. The standard InChI is InChI=1S/C24H22ClN3O2S/c1-14-12-17(16(3)28(14)21-7-5-6-20(25)15(21)2)13-22-23(29)27-24(31-22)26-18-8-10-19(30-4)11-9-18/h5-13H,1-4H3,(H,26,27,29)/b22-13+. The highest BCUT2D eigenvalue weighted by Crippen LogP contribution is 2.32. The Balaban J connectivity index is 1.64. The molecule has 2 aromatic carbocycles. The number of aryl methyl sites for hydroxylation is 1. The molecule has 0 atom stereocenters. The van der Waals surface area contributed by atoms with Gasteiger partial charge in [0, 0.05) is 22.1 Å². The Bertz CT molecular complexity index is 1230. The summed E-state index contributed by atoms with van der Waals surface area (Å²) in [4.78, 5) is 17.7. The van der Waals surface area contributed by atoms with Gasteiger partial charge in [0.2, 0.25) is 0 Å². The molecule has 0 spiro atoms. The lowest BCUT2D eigenvalue weighted by atomic mass is 10.2. The van der Waals surface area contributed by atoms with Crippen LogP contribution < -0.4 is 10.1 Å². The van der Waals surface area contributed by atoms with Crippen LogP contribution in [-0.4, -0.2) is 22.8 Å². The highest BCUT2D eigenvalue weighted by Gasteiger charge is 2.24. The summed E-state index contributed by atoms with van der Waals surface area (Å²) in [7, 11) is 1.62. The number of halogens is 1. The van der Waals surface area contributed by atoms with E-state index in [0.29, 0.717) is 10.1 Å². The Morgan fingerprint density at radius 1 is 1.13 bits per heavy atom. The second-order valence-corrected chi connectivity index (χ2v) is 8.66. The second-order valence-electron chi connectivity index (χ2n) is 7.23. The van der Waals surface area contributed by atoms with Gasteiger partial charge in [-0.05, 0) is 92.2 Å². The smallest absolute Gasteiger partial charge is 0.264 e. The van der Waals surface area contributed by atoms with Crippen LogP contribution in [0.4, 0.5) is 5.69 Å². The molecule has 1 fully saturated rings. The molecule has 0 bridgehead atoms. The van der Waals surface area contributed by atoms with Gasteiger partial charge in [0.15, 0.2) is 5.17 Å². The Hall–Kier alpha value is -2.96. The third-order valence-electron chi connectivity index (χ3n) is 5.19. The molecule has 2 heterocycles. The molecule has 158 valence electrons. The van der Waals surface area contributed by atoms with Crippen molar-refractivity contribution in [1.29, 1.82) is 0 Å². The van der Waals surface area contributed by atoms with Crippen LogP contribution in [0.1, 0.15) is 22.5 Å². The highest BCUT2D eigenvalue weighted by molar-refractivity contribution is 8.18. The van der Waals surface area contributed by atoms with Crippen molar-refractivity contribution in [2.75, 3.05) is 7.11 Å². The second kappa shape index (κ2) is 8.65. The number of aliphatic imine (C=N–C) groups is 1. The average molecular weight is 452 g/mol. The normalized spacial score (nSPS) is 16.2. The number of nitrogens with one attached hydrogen (secondary N) is 1. The van der Waals surface area contributed by atoms with Crippen molar-refractivity contribution in [3.63, 3.8) is 0 Å². The number of thioether (sulfide) groups is 1. The van der Waals surface area contributed by atoms with Crippen molar-refractivity contribution in [1.82, 2.24) is 9.88 Å². The number of carbonyl (C=O) groups excluding carboxylic acids is 1. The molecule has 1 amide bonds. The first-order valence-corrected chi connectivity index (χ1v) is 10.9. The maximum Gasteiger partial charge on any atom is 0.264 e. The molecule has 0 radical (unpaired) electrons. The largest absolute Gasteiger partial charge is 0.497 e. The van der Waals surface area contributed by atoms with Gasteiger partial charge >= 0.3 is 0 Å². The first kappa shape index (κ1) is 21.3. The van der Waals surface area contributed by atoms with Crippen molar-refractivity contribution >= 4 is 46.2 Å². The van der Waals surface area contributed by atoms with Gasteiger partial charge in [-0.25, -0.2) is 4.99 Å². The fourth-order valence-electron chi connectivity index (χ4n) is 3.54. The number of rotatable bonds is 4. The van der Waals surface area contributed by atoms with E-state index in [1.54, 1.807) is 7.11 Å². The summed E-state index contributed by atoms with van der Waals surface area (Å²) in [5.74, 6) is 0.610. The Morgan fingerprint density at radius 3 is 2.58 bits per heavy atom. The maximum absolute atomic E-state index is 12.5. The lowest BCUT2D eigenvalue weighted by Crippen LogP contribution is -2.19. The molecule has 3 aromatic rings. The highest BCUT2D eigenvalue weighted by atomic mass is 35.5. The van der Waals surface area contributed by atoms with Crippen LogP contribution in [-0.2, 0) is 4.79 Å². The van der Waals surface area contributed by atoms with E-state index in [1.165, 1.54) is 11.8 Å². The van der Waals surface area contributed by atoms with Crippen LogP contribution in [0.25, 0.3) is 11.8 Å². The molecule has 1 aromatic heterocycles. The monoisotopic (exact) mass is 451 g/mol. The number of amides is 1. The van der Waals surface area contributed by atoms with Crippen LogP contribution in [0.5, 0.6) is 5.75 Å². The minimum atomic E-state index is -0.152. The third kappa shape index (κ3) is 4.27. The van der Waals surface area contributed by atoms with Gasteiger partial charge in [0.25, 0.3) is 5.91 Å². The SMILES string of the molecule is COc1ccc(N=C2NC(=O)/C(=C\c3cc(C)n(-c4cccc(Cl)c4C)c3C)S2)cc1. The molecule has 4 rings (SSSR count). The predicted molar refractivity (Wildman–Crippen MR) is 129 cm³/mol. The van der Waals surface area contributed by atoms with E-state index >= 15 is 0 Å². The van der Waals surface area contributed by atoms with Gasteiger partial charge in [-0.3, -0.25) is 4.79 Å². The first-order chi connectivity index (χ1) is 14.9. The lowest BCUT2D eigenvalue weighted by molar-refractivity contribution is -0.115. The van der Waals surface area contributed by atoms with E-state index in [4.69, 9.17) is 16.3 Å². The molecule has 1 aliphatic rings. The quantitative estimate of drug-likeness (QED) is 0.498. The van der Waals surface area contributed by atoms with Crippen LogP contribution in [0.2, 0.25) is 5.02 Å². The number of nitrogens with zero attached hydrogens (tertiary/aromatic N) is 2. The van der Waals surface area contributed by atoms with Crippen LogP contribution in [0, 0.1) is 20.8 Å². The predicted octanol–water partition coefficient (Wildman–Crippen LogP) is 5.96. The zero-order valence-corrected chi connectivity index (χ0v) is 19.3. The number of carbonyl (C=O) groups is 1. The van der Waals surface area contributed by atoms with Gasteiger partial charge < -0.3 is 14.6 Å². The van der Waals surface area contributed by atoms with Crippen molar-refractivity contribution in [2.45, 2.75) is 20.8 Å². The molecule has 1 saturated heterocycles. The zero-order chi connectivity index (χ0) is 22.1. The zero-order valence-electron chi connectivity index (χ0n) is 17.7. The molecule has 1 N–H and O–H groups in total. The number of benzene rings is 2. The van der Waals surface area contributed by atoms with Gasteiger partial charge in [0.1, 0.15) is 5.75 Å². The molecule has 0 saturated carbocycles. The Morgan fingerprint density at radius 2 is 1.87 bits per heavy atom.